The summed E-state index contributed by atoms with van der Waals surface area (Å²) in [6.07, 6.45) is 16.2. The van der Waals surface area contributed by atoms with Gasteiger partial charge in [-0.15, -0.1) is 0 Å². The van der Waals surface area contributed by atoms with E-state index >= 15 is 0 Å². The zero-order valence-electron chi connectivity index (χ0n) is 16.5. The van der Waals surface area contributed by atoms with Gasteiger partial charge in [0.25, 0.3) is 0 Å². The second-order valence-corrected chi connectivity index (χ2v) is 9.84. The van der Waals surface area contributed by atoms with Crippen LogP contribution >= 0.6 is 0 Å². The van der Waals surface area contributed by atoms with Gasteiger partial charge in [-0.1, -0.05) is 46.0 Å². The number of aliphatic carboxylic acids is 1. The molecule has 0 radical (unpaired) electrons. The molecule has 1 N–H and O–H groups in total. The first-order valence-electron chi connectivity index (χ1n) is 11.0. The lowest BCUT2D eigenvalue weighted by Crippen LogP contribution is -2.36. The smallest absolute Gasteiger partial charge is 0.309 e. The van der Waals surface area contributed by atoms with Crippen molar-refractivity contribution in [1.82, 2.24) is 0 Å². The van der Waals surface area contributed by atoms with E-state index in [1.54, 1.807) is 0 Å². The molecule has 2 heterocycles. The molecule has 0 aromatic rings. The Labute approximate surface area is 158 Å². The predicted molar refractivity (Wildman–Crippen MR) is 100.0 cm³/mol. The fraction of sp³-hybridized carbons (Fsp3) is 0.955. The Morgan fingerprint density at radius 3 is 2.35 bits per heavy atom. The highest BCUT2D eigenvalue weighted by Crippen LogP contribution is 2.54. The van der Waals surface area contributed by atoms with Crippen LogP contribution < -0.4 is 0 Å². The summed E-state index contributed by atoms with van der Waals surface area (Å²) in [5.74, 6) is 0.927. The normalized spacial score (nSPS) is 47.0. The van der Waals surface area contributed by atoms with Crippen LogP contribution in [-0.2, 0) is 14.3 Å². The third-order valence-electron chi connectivity index (χ3n) is 8.03. The molecule has 0 bridgehead atoms. The predicted octanol–water partition coefficient (Wildman–Crippen LogP) is 4.80. The standard InChI is InChI=1S/C15H26O.C7H10O3/c1-11-14-13(16-14)8-9-15(11,2)10-12-6-4-3-5-7-12;8-7(9)4-2-1-3-5-6(4)10-5/h11-14H,3-10H2,1-2H3;4-6H,1-3H2,(H,8,9). The Bertz CT molecular complexity index is 514. The molecule has 4 nitrogen and oxygen atoms in total. The molecule has 5 rings (SSSR count). The molecule has 0 aromatic carbocycles. The van der Waals surface area contributed by atoms with E-state index in [9.17, 15) is 4.79 Å². The van der Waals surface area contributed by atoms with E-state index < -0.39 is 5.97 Å². The molecule has 7 unspecified atom stereocenters. The quantitative estimate of drug-likeness (QED) is 0.731. The van der Waals surface area contributed by atoms with Gasteiger partial charge < -0.3 is 14.6 Å². The number of carboxylic acids is 1. The van der Waals surface area contributed by atoms with Crippen LogP contribution in [0.2, 0.25) is 0 Å². The molecule has 0 spiro atoms. The third kappa shape index (κ3) is 3.96. The van der Waals surface area contributed by atoms with Crippen molar-refractivity contribution in [2.75, 3.05) is 0 Å². The van der Waals surface area contributed by atoms with E-state index in [1.807, 2.05) is 0 Å². The molecule has 26 heavy (non-hydrogen) atoms. The zero-order valence-corrected chi connectivity index (χ0v) is 16.5. The monoisotopic (exact) mass is 364 g/mol. The maximum Gasteiger partial charge on any atom is 0.309 e. The summed E-state index contributed by atoms with van der Waals surface area (Å²) in [5.41, 5.74) is 0.583. The second kappa shape index (κ2) is 7.43. The Balaban J connectivity index is 0.000000144. The van der Waals surface area contributed by atoms with Gasteiger partial charge in [0.05, 0.1) is 30.3 Å². The lowest BCUT2D eigenvalue weighted by Gasteiger charge is -2.41. The van der Waals surface area contributed by atoms with Crippen LogP contribution in [0.4, 0.5) is 0 Å². The average Bonchev–Trinajstić information content (AvgIpc) is 3.53. The summed E-state index contributed by atoms with van der Waals surface area (Å²) in [4.78, 5) is 10.5. The summed E-state index contributed by atoms with van der Waals surface area (Å²) in [6, 6.07) is 0. The van der Waals surface area contributed by atoms with Crippen LogP contribution in [0, 0.1) is 23.2 Å². The van der Waals surface area contributed by atoms with Crippen molar-refractivity contribution >= 4 is 5.97 Å². The van der Waals surface area contributed by atoms with Gasteiger partial charge in [0.1, 0.15) is 0 Å². The summed E-state index contributed by atoms with van der Waals surface area (Å²) >= 11 is 0. The van der Waals surface area contributed by atoms with Gasteiger partial charge in [0, 0.05) is 0 Å². The Hall–Kier alpha value is -0.610. The molecular weight excluding hydrogens is 328 g/mol. The van der Waals surface area contributed by atoms with Crippen molar-refractivity contribution in [2.24, 2.45) is 23.2 Å². The van der Waals surface area contributed by atoms with Crippen molar-refractivity contribution < 1.29 is 19.4 Å². The van der Waals surface area contributed by atoms with Crippen molar-refractivity contribution in [3.8, 4) is 0 Å². The lowest BCUT2D eigenvalue weighted by molar-refractivity contribution is -0.142. The Morgan fingerprint density at radius 1 is 0.962 bits per heavy atom. The second-order valence-electron chi connectivity index (χ2n) is 9.84. The zero-order chi connectivity index (χ0) is 18.3. The van der Waals surface area contributed by atoms with Gasteiger partial charge in [-0.2, -0.15) is 0 Å². The molecular formula is C22H36O4. The minimum Gasteiger partial charge on any atom is -0.481 e. The third-order valence-corrected chi connectivity index (χ3v) is 8.03. The summed E-state index contributed by atoms with van der Waals surface area (Å²) in [7, 11) is 0. The lowest BCUT2D eigenvalue weighted by atomic mass is 9.63. The molecule has 5 fully saturated rings. The summed E-state index contributed by atoms with van der Waals surface area (Å²) < 4.78 is 10.9. The van der Waals surface area contributed by atoms with E-state index in [-0.39, 0.29) is 18.1 Å². The molecule has 148 valence electrons. The van der Waals surface area contributed by atoms with Gasteiger partial charge in [-0.25, -0.2) is 0 Å². The first kappa shape index (κ1) is 18.7. The van der Waals surface area contributed by atoms with E-state index in [0.717, 1.165) is 31.1 Å². The van der Waals surface area contributed by atoms with Crippen molar-refractivity contribution in [3.63, 3.8) is 0 Å². The van der Waals surface area contributed by atoms with Gasteiger partial charge in [-0.3, -0.25) is 4.79 Å². The number of hydrogen-bond acceptors (Lipinski definition) is 3. The average molecular weight is 365 g/mol. The largest absolute Gasteiger partial charge is 0.481 e. The molecule has 5 aliphatic rings. The maximum absolute atomic E-state index is 10.5. The van der Waals surface area contributed by atoms with Crippen LogP contribution in [-0.4, -0.2) is 35.5 Å². The van der Waals surface area contributed by atoms with E-state index in [4.69, 9.17) is 14.6 Å². The van der Waals surface area contributed by atoms with E-state index in [1.165, 1.54) is 51.4 Å². The molecule has 7 atom stereocenters. The molecule has 4 heteroatoms. The van der Waals surface area contributed by atoms with Crippen LogP contribution in [0.3, 0.4) is 0 Å². The van der Waals surface area contributed by atoms with Crippen molar-refractivity contribution in [2.45, 2.75) is 109 Å². The first-order valence-corrected chi connectivity index (χ1v) is 11.0. The molecule has 0 aromatic heterocycles. The van der Waals surface area contributed by atoms with Gasteiger partial charge in [-0.05, 0) is 55.8 Å². The van der Waals surface area contributed by atoms with Crippen LogP contribution in [0.15, 0.2) is 0 Å². The van der Waals surface area contributed by atoms with E-state index in [2.05, 4.69) is 13.8 Å². The number of hydrogen-bond donors (Lipinski definition) is 1. The number of rotatable bonds is 3. The number of carboxylic acid groups (broad SMARTS) is 1. The summed E-state index contributed by atoms with van der Waals surface area (Å²) in [6.45, 7) is 4.97. The van der Waals surface area contributed by atoms with Crippen molar-refractivity contribution in [1.29, 1.82) is 0 Å². The molecule has 0 amide bonds. The molecule has 2 aliphatic heterocycles. The number of epoxide rings is 2. The van der Waals surface area contributed by atoms with Crippen LogP contribution in [0.1, 0.15) is 84.5 Å². The van der Waals surface area contributed by atoms with E-state index in [0.29, 0.717) is 17.6 Å². The first-order chi connectivity index (χ1) is 12.5. The van der Waals surface area contributed by atoms with Crippen LogP contribution in [0.5, 0.6) is 0 Å². The Kier molecular flexibility index (Phi) is 5.35. The van der Waals surface area contributed by atoms with Crippen molar-refractivity contribution in [3.05, 3.63) is 0 Å². The van der Waals surface area contributed by atoms with Gasteiger partial charge in [0.15, 0.2) is 0 Å². The fourth-order valence-electron chi connectivity index (χ4n) is 5.97. The van der Waals surface area contributed by atoms with Gasteiger partial charge >= 0.3 is 5.97 Å². The minimum absolute atomic E-state index is 0.0613. The highest BCUT2D eigenvalue weighted by Gasteiger charge is 2.54. The number of ether oxygens (including phenoxy) is 2. The highest BCUT2D eigenvalue weighted by atomic mass is 16.6. The number of fused-ring (bicyclic) bond motifs is 2. The SMILES string of the molecule is CC1C2OC2CCC1(C)CC1CCCCC1.O=C(O)C1CCCC2OC21. The number of carbonyl (C=O) groups is 1. The molecule has 2 saturated heterocycles. The van der Waals surface area contributed by atoms with Gasteiger partial charge in [0.2, 0.25) is 0 Å². The fourth-order valence-corrected chi connectivity index (χ4v) is 5.97. The highest BCUT2D eigenvalue weighted by molar-refractivity contribution is 5.71. The topological polar surface area (TPSA) is 62.4 Å². The maximum atomic E-state index is 10.5. The summed E-state index contributed by atoms with van der Waals surface area (Å²) in [5, 5.41) is 8.66. The Morgan fingerprint density at radius 2 is 1.65 bits per heavy atom. The molecule has 3 saturated carbocycles. The molecule has 3 aliphatic carbocycles. The minimum atomic E-state index is -0.688. The van der Waals surface area contributed by atoms with Crippen LogP contribution in [0.25, 0.3) is 0 Å².